The zero-order valence-electron chi connectivity index (χ0n) is 9.93. The minimum Gasteiger partial charge on any atom is -0.369 e. The largest absolute Gasteiger partial charge is 0.369 e. The molecule has 0 heterocycles. The van der Waals surface area contributed by atoms with Gasteiger partial charge in [0.25, 0.3) is 5.92 Å². The molecule has 1 nitrogen and oxygen atoms in total. The average molecular weight is 248 g/mol. The second-order valence-electron chi connectivity index (χ2n) is 6.38. The third kappa shape index (κ3) is 2.20. The molecule has 0 N–H and O–H groups in total. The number of hydrogen-bond donors (Lipinski definition) is 0. The molecule has 4 aliphatic rings. The highest BCUT2D eigenvalue weighted by molar-refractivity contribution is 5.03. The first-order valence-electron chi connectivity index (χ1n) is 6.58. The Morgan fingerprint density at radius 1 is 1.00 bits per heavy atom. The monoisotopic (exact) mass is 248 g/mol. The molecule has 17 heavy (non-hydrogen) atoms. The number of rotatable bonds is 4. The van der Waals surface area contributed by atoms with Gasteiger partial charge in [0.1, 0.15) is 6.61 Å². The van der Waals surface area contributed by atoms with Crippen molar-refractivity contribution in [2.45, 2.75) is 50.0 Å². The maximum atomic E-state index is 12.9. The summed E-state index contributed by atoms with van der Waals surface area (Å²) in [5, 5.41) is 0. The third-order valence-corrected chi connectivity index (χ3v) is 4.77. The zero-order valence-corrected chi connectivity index (χ0v) is 9.93. The van der Waals surface area contributed by atoms with Crippen LogP contribution in [0.2, 0.25) is 0 Å². The van der Waals surface area contributed by atoms with Crippen molar-refractivity contribution in [3.8, 4) is 0 Å². The van der Waals surface area contributed by atoms with Crippen LogP contribution in [0.25, 0.3) is 0 Å². The molecule has 0 amide bonds. The lowest BCUT2D eigenvalue weighted by molar-refractivity contribution is -0.202. The molecule has 0 spiro atoms. The summed E-state index contributed by atoms with van der Waals surface area (Å²) in [7, 11) is 0. The minimum atomic E-state index is -3.30. The van der Waals surface area contributed by atoms with Gasteiger partial charge in [-0.25, -0.2) is 13.2 Å². The van der Waals surface area contributed by atoms with Crippen molar-refractivity contribution in [2.24, 2.45) is 17.8 Å². The van der Waals surface area contributed by atoms with Crippen LogP contribution >= 0.6 is 0 Å². The lowest BCUT2D eigenvalue weighted by Crippen LogP contribution is -2.53. The van der Waals surface area contributed by atoms with Crippen molar-refractivity contribution in [3.05, 3.63) is 0 Å². The molecule has 0 saturated heterocycles. The van der Waals surface area contributed by atoms with Crippen LogP contribution in [0.1, 0.15) is 38.5 Å². The van der Waals surface area contributed by atoms with E-state index in [2.05, 4.69) is 0 Å². The Morgan fingerprint density at radius 2 is 1.47 bits per heavy atom. The summed E-state index contributed by atoms with van der Waals surface area (Å²) in [5.74, 6) is -1.30. The Balaban J connectivity index is 1.66. The van der Waals surface area contributed by atoms with Gasteiger partial charge >= 0.3 is 0 Å². The summed E-state index contributed by atoms with van der Waals surface area (Å²) in [5.41, 5.74) is -0.340. The van der Waals surface area contributed by atoms with Gasteiger partial charge in [-0.05, 0) is 56.3 Å². The van der Waals surface area contributed by atoms with Gasteiger partial charge in [0.05, 0.1) is 5.60 Å². The fourth-order valence-electron chi connectivity index (χ4n) is 4.51. The predicted molar refractivity (Wildman–Crippen MR) is 57.8 cm³/mol. The van der Waals surface area contributed by atoms with E-state index in [1.165, 1.54) is 19.3 Å². The summed E-state index contributed by atoms with van der Waals surface area (Å²) in [6.07, 6.45) is 6.51. The average Bonchev–Trinajstić information content (AvgIpc) is 2.25. The van der Waals surface area contributed by atoms with E-state index in [4.69, 9.17) is 4.74 Å². The lowest BCUT2D eigenvalue weighted by atomic mass is 9.54. The maximum absolute atomic E-state index is 12.9. The van der Waals surface area contributed by atoms with E-state index < -0.39 is 19.2 Å². The number of ether oxygens (including phenoxy) is 1. The quantitative estimate of drug-likeness (QED) is 0.739. The van der Waals surface area contributed by atoms with E-state index in [0.717, 1.165) is 19.3 Å². The molecule has 4 fully saturated rings. The van der Waals surface area contributed by atoms with Crippen LogP contribution in [0.5, 0.6) is 0 Å². The zero-order chi connectivity index (χ0) is 12.1. The summed E-state index contributed by atoms with van der Waals surface area (Å²) in [6, 6.07) is 0. The third-order valence-electron chi connectivity index (χ3n) is 4.77. The minimum absolute atomic E-state index is 0.340. The van der Waals surface area contributed by atoms with Crippen LogP contribution in [0, 0.1) is 17.8 Å². The van der Waals surface area contributed by atoms with E-state index in [9.17, 15) is 13.2 Å². The summed E-state index contributed by atoms with van der Waals surface area (Å²) >= 11 is 0. The van der Waals surface area contributed by atoms with E-state index in [1.807, 2.05) is 0 Å². The van der Waals surface area contributed by atoms with E-state index >= 15 is 0 Å². The molecule has 4 heteroatoms. The second kappa shape index (κ2) is 3.87. The summed E-state index contributed by atoms with van der Waals surface area (Å²) in [6.45, 7) is -2.35. The number of hydrogen-bond acceptors (Lipinski definition) is 1. The van der Waals surface area contributed by atoms with Gasteiger partial charge < -0.3 is 4.74 Å². The fourth-order valence-corrected chi connectivity index (χ4v) is 4.51. The molecular weight excluding hydrogens is 229 g/mol. The maximum Gasteiger partial charge on any atom is 0.298 e. The van der Waals surface area contributed by atoms with Gasteiger partial charge in [-0.2, -0.15) is 0 Å². The SMILES string of the molecule is FCC(F)(F)COC12CC3CC(CC(C3)C1)C2. The van der Waals surface area contributed by atoms with Crippen molar-refractivity contribution in [3.63, 3.8) is 0 Å². The van der Waals surface area contributed by atoms with Gasteiger partial charge in [0.2, 0.25) is 0 Å². The Morgan fingerprint density at radius 3 is 1.88 bits per heavy atom. The predicted octanol–water partition coefficient (Wildman–Crippen LogP) is 3.58. The topological polar surface area (TPSA) is 9.23 Å². The summed E-state index contributed by atoms with van der Waals surface area (Å²) < 4.78 is 43.5. The van der Waals surface area contributed by atoms with Crippen molar-refractivity contribution < 1.29 is 17.9 Å². The van der Waals surface area contributed by atoms with Crippen LogP contribution in [0.15, 0.2) is 0 Å². The molecule has 4 saturated carbocycles. The van der Waals surface area contributed by atoms with Gasteiger partial charge in [0, 0.05) is 0 Å². The van der Waals surface area contributed by atoms with E-state index in [0.29, 0.717) is 17.8 Å². The molecule has 0 aromatic heterocycles. The summed E-state index contributed by atoms with van der Waals surface area (Å²) in [4.78, 5) is 0. The van der Waals surface area contributed by atoms with Crippen molar-refractivity contribution >= 4 is 0 Å². The molecule has 98 valence electrons. The first-order valence-corrected chi connectivity index (χ1v) is 6.58. The number of halogens is 3. The van der Waals surface area contributed by atoms with Crippen LogP contribution in [0.4, 0.5) is 13.2 Å². The van der Waals surface area contributed by atoms with Crippen molar-refractivity contribution in [1.82, 2.24) is 0 Å². The molecule has 4 rings (SSSR count). The van der Waals surface area contributed by atoms with Crippen LogP contribution in [0.3, 0.4) is 0 Å². The molecule has 4 aliphatic carbocycles. The smallest absolute Gasteiger partial charge is 0.298 e. The van der Waals surface area contributed by atoms with Crippen LogP contribution in [-0.4, -0.2) is 24.8 Å². The Kier molecular flexibility index (Phi) is 2.69. The van der Waals surface area contributed by atoms with Gasteiger partial charge in [0.15, 0.2) is 6.67 Å². The first-order chi connectivity index (χ1) is 8.00. The molecule has 0 aliphatic heterocycles. The Hall–Kier alpha value is -0.250. The normalized spacial score (nSPS) is 44.3. The van der Waals surface area contributed by atoms with Gasteiger partial charge in [-0.15, -0.1) is 0 Å². The molecule has 0 aromatic carbocycles. The van der Waals surface area contributed by atoms with Crippen LogP contribution in [-0.2, 0) is 4.74 Å². The Labute approximate surface area is 99.7 Å². The van der Waals surface area contributed by atoms with E-state index in [-0.39, 0.29) is 5.60 Å². The fraction of sp³-hybridized carbons (Fsp3) is 1.00. The van der Waals surface area contributed by atoms with E-state index in [1.54, 1.807) is 0 Å². The van der Waals surface area contributed by atoms with Crippen molar-refractivity contribution in [2.75, 3.05) is 13.3 Å². The van der Waals surface area contributed by atoms with Crippen LogP contribution < -0.4 is 0 Å². The molecule has 4 bridgehead atoms. The second-order valence-corrected chi connectivity index (χ2v) is 6.38. The van der Waals surface area contributed by atoms with Crippen molar-refractivity contribution in [1.29, 1.82) is 0 Å². The standard InChI is InChI=1S/C13H19F3O/c14-7-13(15,16)8-17-12-4-9-1-10(5-12)3-11(2-9)6-12/h9-11H,1-8H2. The van der Waals surface area contributed by atoms with Gasteiger partial charge in [-0.1, -0.05) is 0 Å². The molecular formula is C13H19F3O. The molecule has 0 unspecified atom stereocenters. The first kappa shape index (κ1) is 11.8. The highest BCUT2D eigenvalue weighted by atomic mass is 19.3. The molecule has 0 radical (unpaired) electrons. The van der Waals surface area contributed by atoms with Gasteiger partial charge in [-0.3, -0.25) is 0 Å². The number of alkyl halides is 3. The molecule has 0 atom stereocenters. The molecule has 0 aromatic rings. The highest BCUT2D eigenvalue weighted by Gasteiger charge is 2.52. The Bertz CT molecular complexity index is 268. The lowest BCUT2D eigenvalue weighted by Gasteiger charge is -2.56. The highest BCUT2D eigenvalue weighted by Crippen LogP contribution is 2.57.